The molecule has 2 aliphatic carbocycles. The summed E-state index contributed by atoms with van der Waals surface area (Å²) >= 11 is 0. The van der Waals surface area contributed by atoms with Crippen LogP contribution in [0.5, 0.6) is 0 Å². The predicted octanol–water partition coefficient (Wildman–Crippen LogP) is 1.58. The van der Waals surface area contributed by atoms with E-state index in [4.69, 9.17) is 0 Å². The molecule has 2 saturated carbocycles. The van der Waals surface area contributed by atoms with E-state index >= 15 is 0 Å². The second-order valence-corrected chi connectivity index (χ2v) is 5.92. The van der Waals surface area contributed by atoms with Crippen LogP contribution in [-0.2, 0) is 0 Å². The summed E-state index contributed by atoms with van der Waals surface area (Å²) in [6, 6.07) is 0. The number of nitrogens with one attached hydrogen (secondary N) is 2. The highest BCUT2D eigenvalue weighted by Gasteiger charge is 2.53. The first-order chi connectivity index (χ1) is 9.13. The van der Waals surface area contributed by atoms with Crippen molar-refractivity contribution < 1.29 is 0 Å². The van der Waals surface area contributed by atoms with Crippen LogP contribution in [-0.4, -0.2) is 42.6 Å². The molecule has 19 heavy (non-hydrogen) atoms. The quantitative estimate of drug-likeness (QED) is 0.811. The van der Waals surface area contributed by atoms with Gasteiger partial charge in [-0.25, -0.2) is 0 Å². The molecule has 3 rings (SSSR count). The zero-order valence-electron chi connectivity index (χ0n) is 11.9. The summed E-state index contributed by atoms with van der Waals surface area (Å²) in [5.74, 6) is 2.91. The molecule has 0 aliphatic heterocycles. The van der Waals surface area contributed by atoms with Gasteiger partial charge in [0.05, 0.1) is 0 Å². The molecule has 0 bridgehead atoms. The molecule has 0 spiro atoms. The Morgan fingerprint density at radius 2 is 1.84 bits per heavy atom. The van der Waals surface area contributed by atoms with Gasteiger partial charge in [0, 0.05) is 27.7 Å². The Morgan fingerprint density at radius 3 is 2.37 bits per heavy atom. The van der Waals surface area contributed by atoms with Gasteiger partial charge in [0.1, 0.15) is 0 Å². The van der Waals surface area contributed by atoms with Crippen LogP contribution in [0.15, 0.2) is 0 Å². The molecule has 6 nitrogen and oxygen atoms in total. The van der Waals surface area contributed by atoms with Crippen molar-refractivity contribution in [1.82, 2.24) is 15.0 Å². The van der Waals surface area contributed by atoms with E-state index in [0.29, 0.717) is 23.3 Å². The molecule has 2 N–H and O–H groups in total. The maximum atomic E-state index is 4.44. The van der Waals surface area contributed by atoms with E-state index in [1.54, 1.807) is 0 Å². The fraction of sp³-hybridized carbons (Fsp3) is 0.769. The van der Waals surface area contributed by atoms with Crippen molar-refractivity contribution in [2.75, 3.05) is 43.2 Å². The Balaban J connectivity index is 1.70. The monoisotopic (exact) mass is 262 g/mol. The Kier molecular flexibility index (Phi) is 2.95. The summed E-state index contributed by atoms with van der Waals surface area (Å²) in [7, 11) is 5.70. The average molecular weight is 262 g/mol. The average Bonchev–Trinajstić information content (AvgIpc) is 3.28. The lowest BCUT2D eigenvalue weighted by atomic mass is 10.0. The van der Waals surface area contributed by atoms with Gasteiger partial charge in [-0.1, -0.05) is 0 Å². The first-order valence-corrected chi connectivity index (χ1v) is 6.98. The topological polar surface area (TPSA) is 66.0 Å². The largest absolute Gasteiger partial charge is 0.357 e. The minimum absolute atomic E-state index is 0.546. The third-order valence-electron chi connectivity index (χ3n) is 4.18. The molecule has 104 valence electrons. The van der Waals surface area contributed by atoms with E-state index in [9.17, 15) is 0 Å². The third-order valence-corrected chi connectivity index (χ3v) is 4.18. The van der Waals surface area contributed by atoms with E-state index < -0.39 is 0 Å². The van der Waals surface area contributed by atoms with Crippen LogP contribution in [0.2, 0.25) is 0 Å². The van der Waals surface area contributed by atoms with E-state index in [-0.39, 0.29) is 0 Å². The molecule has 6 heteroatoms. The van der Waals surface area contributed by atoms with Crippen LogP contribution in [0.1, 0.15) is 25.7 Å². The van der Waals surface area contributed by atoms with Crippen molar-refractivity contribution in [3.8, 4) is 0 Å². The zero-order chi connectivity index (χ0) is 13.5. The van der Waals surface area contributed by atoms with E-state index in [1.165, 1.54) is 25.7 Å². The van der Waals surface area contributed by atoms with Gasteiger partial charge in [0.2, 0.25) is 17.8 Å². The number of anilines is 3. The second kappa shape index (κ2) is 4.51. The van der Waals surface area contributed by atoms with E-state index in [0.717, 1.165) is 12.5 Å². The summed E-state index contributed by atoms with van der Waals surface area (Å²) in [4.78, 5) is 15.0. The highest BCUT2D eigenvalue weighted by Crippen LogP contribution is 2.61. The summed E-state index contributed by atoms with van der Waals surface area (Å²) < 4.78 is 0. The molecular formula is C13H22N6. The van der Waals surface area contributed by atoms with E-state index in [1.807, 2.05) is 26.0 Å². The molecule has 0 amide bonds. The van der Waals surface area contributed by atoms with Crippen LogP contribution in [0.4, 0.5) is 17.8 Å². The molecule has 1 aromatic rings. The van der Waals surface area contributed by atoms with E-state index in [2.05, 4.69) is 25.6 Å². The number of rotatable bonds is 6. The van der Waals surface area contributed by atoms with Crippen molar-refractivity contribution in [3.05, 3.63) is 0 Å². The fourth-order valence-electron chi connectivity index (χ4n) is 2.60. The SMILES string of the molecule is CNc1nc(NCC2(C3CC3)CC2)nc(N(C)C)n1. The summed E-state index contributed by atoms with van der Waals surface area (Å²) in [6.07, 6.45) is 5.53. The Bertz CT molecular complexity index is 464. The first-order valence-electron chi connectivity index (χ1n) is 6.98. The number of nitrogens with zero attached hydrogens (tertiary/aromatic N) is 4. The molecule has 1 heterocycles. The van der Waals surface area contributed by atoms with Crippen molar-refractivity contribution >= 4 is 17.8 Å². The van der Waals surface area contributed by atoms with Gasteiger partial charge in [-0.3, -0.25) is 0 Å². The Labute approximate surface area is 114 Å². The van der Waals surface area contributed by atoms with Gasteiger partial charge in [-0.15, -0.1) is 0 Å². The lowest BCUT2D eigenvalue weighted by Gasteiger charge is -2.17. The summed E-state index contributed by atoms with van der Waals surface area (Å²) in [6.45, 7) is 0.998. The maximum Gasteiger partial charge on any atom is 0.231 e. The van der Waals surface area contributed by atoms with Crippen molar-refractivity contribution in [2.24, 2.45) is 11.3 Å². The summed E-state index contributed by atoms with van der Waals surface area (Å²) in [5.41, 5.74) is 0.546. The molecule has 0 saturated heterocycles. The standard InChI is InChI=1S/C13H22N6/c1-14-10-16-11(18-12(17-10)19(2)3)15-8-13(6-7-13)9-4-5-9/h9H,4-8H2,1-3H3,(H2,14,15,16,17,18). The Hall–Kier alpha value is -1.59. The lowest BCUT2D eigenvalue weighted by molar-refractivity contribution is 0.465. The minimum Gasteiger partial charge on any atom is -0.357 e. The number of hydrogen-bond donors (Lipinski definition) is 2. The predicted molar refractivity (Wildman–Crippen MR) is 76.6 cm³/mol. The van der Waals surface area contributed by atoms with Crippen molar-refractivity contribution in [3.63, 3.8) is 0 Å². The van der Waals surface area contributed by atoms with Crippen LogP contribution in [0.25, 0.3) is 0 Å². The van der Waals surface area contributed by atoms with Gasteiger partial charge in [-0.2, -0.15) is 15.0 Å². The van der Waals surface area contributed by atoms with Crippen LogP contribution < -0.4 is 15.5 Å². The van der Waals surface area contributed by atoms with Gasteiger partial charge >= 0.3 is 0 Å². The van der Waals surface area contributed by atoms with Gasteiger partial charge in [-0.05, 0) is 37.0 Å². The van der Waals surface area contributed by atoms with Crippen LogP contribution in [0, 0.1) is 11.3 Å². The van der Waals surface area contributed by atoms with Crippen LogP contribution >= 0.6 is 0 Å². The number of aromatic nitrogens is 3. The van der Waals surface area contributed by atoms with Crippen LogP contribution in [0.3, 0.4) is 0 Å². The first kappa shape index (κ1) is 12.4. The third kappa shape index (κ3) is 2.57. The molecule has 0 radical (unpaired) electrons. The van der Waals surface area contributed by atoms with Crippen molar-refractivity contribution in [2.45, 2.75) is 25.7 Å². The smallest absolute Gasteiger partial charge is 0.231 e. The molecule has 1 aromatic heterocycles. The zero-order valence-corrected chi connectivity index (χ0v) is 11.9. The van der Waals surface area contributed by atoms with Crippen molar-refractivity contribution in [1.29, 1.82) is 0 Å². The molecular weight excluding hydrogens is 240 g/mol. The normalized spacial score (nSPS) is 19.9. The highest BCUT2D eigenvalue weighted by molar-refractivity contribution is 5.42. The summed E-state index contributed by atoms with van der Waals surface area (Å²) in [5, 5.41) is 6.39. The molecule has 2 fully saturated rings. The van der Waals surface area contributed by atoms with Gasteiger partial charge < -0.3 is 15.5 Å². The minimum atomic E-state index is 0.546. The molecule has 2 aliphatic rings. The Morgan fingerprint density at radius 1 is 1.16 bits per heavy atom. The molecule has 0 unspecified atom stereocenters. The van der Waals surface area contributed by atoms with Gasteiger partial charge in [0.25, 0.3) is 0 Å². The molecule has 0 aromatic carbocycles. The fourth-order valence-corrected chi connectivity index (χ4v) is 2.60. The number of hydrogen-bond acceptors (Lipinski definition) is 6. The van der Waals surface area contributed by atoms with Gasteiger partial charge in [0.15, 0.2) is 0 Å². The highest BCUT2D eigenvalue weighted by atomic mass is 15.3. The second-order valence-electron chi connectivity index (χ2n) is 5.92. The molecule has 0 atom stereocenters. The maximum absolute atomic E-state index is 4.44. The lowest BCUT2D eigenvalue weighted by Crippen LogP contribution is -2.21.